The highest BCUT2D eigenvalue weighted by atomic mass is 35.5. The van der Waals surface area contributed by atoms with Crippen LogP contribution in [0.5, 0.6) is 0 Å². The molecule has 0 spiro atoms. The van der Waals surface area contributed by atoms with Gasteiger partial charge in [-0.15, -0.1) is 5.10 Å². The van der Waals surface area contributed by atoms with Gasteiger partial charge >= 0.3 is 0 Å². The second kappa shape index (κ2) is 5.87. The molecule has 0 amide bonds. The van der Waals surface area contributed by atoms with Crippen molar-refractivity contribution in [3.63, 3.8) is 0 Å². The monoisotopic (exact) mass is 344 g/mol. The summed E-state index contributed by atoms with van der Waals surface area (Å²) in [5.74, 6) is 0. The Labute approximate surface area is 144 Å². The Kier molecular flexibility index (Phi) is 3.71. The highest BCUT2D eigenvalue weighted by molar-refractivity contribution is 6.31. The van der Waals surface area contributed by atoms with Crippen LogP contribution >= 0.6 is 23.2 Å². The van der Waals surface area contributed by atoms with E-state index in [1.165, 1.54) is 11.3 Å². The number of aromatic nitrogens is 3. The van der Waals surface area contributed by atoms with Gasteiger partial charge in [0.25, 0.3) is 0 Å². The molecule has 0 atom stereocenters. The minimum absolute atomic E-state index is 0.710. The first-order chi connectivity index (χ1) is 11.2. The maximum Gasteiger partial charge on any atom is 0.102 e. The Morgan fingerprint density at radius 2 is 1.78 bits per heavy atom. The predicted molar refractivity (Wildman–Crippen MR) is 92.6 cm³/mol. The molecule has 4 rings (SSSR count). The van der Waals surface area contributed by atoms with Crippen molar-refractivity contribution >= 4 is 28.9 Å². The van der Waals surface area contributed by atoms with Gasteiger partial charge < -0.3 is 4.90 Å². The highest BCUT2D eigenvalue weighted by Crippen LogP contribution is 2.31. The van der Waals surface area contributed by atoms with E-state index in [9.17, 15) is 0 Å². The molecule has 0 aliphatic carbocycles. The summed E-state index contributed by atoms with van der Waals surface area (Å²) >= 11 is 12.0. The predicted octanol–water partition coefficient (Wildman–Crippen LogP) is 4.14. The van der Waals surface area contributed by atoms with Crippen molar-refractivity contribution in [2.24, 2.45) is 0 Å². The summed E-state index contributed by atoms with van der Waals surface area (Å²) in [6.07, 6.45) is 2.97. The normalized spacial score (nSPS) is 13.4. The van der Waals surface area contributed by atoms with Gasteiger partial charge in [-0.1, -0.05) is 28.4 Å². The van der Waals surface area contributed by atoms with Crippen LogP contribution in [0.2, 0.25) is 10.0 Å². The molecule has 0 saturated heterocycles. The quantitative estimate of drug-likeness (QED) is 0.716. The fraction of sp³-hybridized carbons (Fsp3) is 0.176. The van der Waals surface area contributed by atoms with Gasteiger partial charge in [0, 0.05) is 22.3 Å². The molecule has 1 aliphatic heterocycles. The van der Waals surface area contributed by atoms with Gasteiger partial charge in [-0.25, -0.2) is 4.68 Å². The summed E-state index contributed by atoms with van der Waals surface area (Å²) in [5, 5.41) is 9.99. The summed E-state index contributed by atoms with van der Waals surface area (Å²) in [6.45, 7) is 1.71. The summed E-state index contributed by atoms with van der Waals surface area (Å²) in [4.78, 5) is 2.31. The lowest BCUT2D eigenvalue weighted by Crippen LogP contribution is -2.19. The van der Waals surface area contributed by atoms with E-state index in [2.05, 4.69) is 21.3 Å². The van der Waals surface area contributed by atoms with E-state index in [-0.39, 0.29) is 0 Å². The average Bonchev–Trinajstić information content (AvgIpc) is 3.16. The van der Waals surface area contributed by atoms with E-state index < -0.39 is 0 Å². The Morgan fingerprint density at radius 3 is 2.61 bits per heavy atom. The zero-order valence-corrected chi connectivity index (χ0v) is 13.8. The molecular formula is C17H14Cl2N4. The van der Waals surface area contributed by atoms with Crippen LogP contribution in [0.25, 0.3) is 5.69 Å². The van der Waals surface area contributed by atoms with Gasteiger partial charge in [0.2, 0.25) is 0 Å². The molecule has 2 heterocycles. The fourth-order valence-corrected chi connectivity index (χ4v) is 3.21. The molecule has 0 N–H and O–H groups in total. The largest absolute Gasteiger partial charge is 0.365 e. The van der Waals surface area contributed by atoms with E-state index in [0.29, 0.717) is 5.02 Å². The standard InChI is InChI=1S/C17H14Cl2N4/c18-13-1-4-16(5-2-13)23-11-15(20-21-23)10-22-8-7-12-9-14(19)3-6-17(12)22/h1-6,9,11H,7-8,10H2. The van der Waals surface area contributed by atoms with E-state index in [1.54, 1.807) is 4.68 Å². The number of hydrogen-bond acceptors (Lipinski definition) is 3. The Bertz CT molecular complexity index is 842. The first-order valence-corrected chi connectivity index (χ1v) is 8.15. The minimum atomic E-state index is 0.710. The molecule has 3 aromatic rings. The van der Waals surface area contributed by atoms with Crippen LogP contribution in [-0.4, -0.2) is 21.5 Å². The molecule has 0 bridgehead atoms. The maximum atomic E-state index is 6.06. The number of rotatable bonds is 3. The van der Waals surface area contributed by atoms with Gasteiger partial charge in [0.15, 0.2) is 0 Å². The zero-order valence-electron chi connectivity index (χ0n) is 12.3. The van der Waals surface area contributed by atoms with Crippen LogP contribution < -0.4 is 4.90 Å². The molecule has 0 radical (unpaired) electrons. The van der Waals surface area contributed by atoms with E-state index in [1.807, 2.05) is 42.6 Å². The molecular weight excluding hydrogens is 331 g/mol. The first-order valence-electron chi connectivity index (χ1n) is 7.39. The highest BCUT2D eigenvalue weighted by Gasteiger charge is 2.20. The Balaban J connectivity index is 1.54. The molecule has 1 aromatic heterocycles. The van der Waals surface area contributed by atoms with Crippen LogP contribution in [0.15, 0.2) is 48.7 Å². The van der Waals surface area contributed by atoms with Gasteiger partial charge in [0.1, 0.15) is 5.69 Å². The molecule has 4 nitrogen and oxygen atoms in total. The number of nitrogens with zero attached hydrogens (tertiary/aromatic N) is 4. The van der Waals surface area contributed by atoms with Crippen molar-refractivity contribution in [3.8, 4) is 5.69 Å². The summed E-state index contributed by atoms with van der Waals surface area (Å²) in [6, 6.07) is 13.6. The lowest BCUT2D eigenvalue weighted by molar-refractivity contribution is 0.781. The lowest BCUT2D eigenvalue weighted by Gasteiger charge is -2.17. The lowest BCUT2D eigenvalue weighted by atomic mass is 10.2. The maximum absolute atomic E-state index is 6.06. The third-order valence-electron chi connectivity index (χ3n) is 4.02. The number of benzene rings is 2. The first kappa shape index (κ1) is 14.5. The second-order valence-corrected chi connectivity index (χ2v) is 6.45. The van der Waals surface area contributed by atoms with Crippen LogP contribution in [0.4, 0.5) is 5.69 Å². The third-order valence-corrected chi connectivity index (χ3v) is 4.51. The van der Waals surface area contributed by atoms with Crippen molar-refractivity contribution in [2.75, 3.05) is 11.4 Å². The summed E-state index contributed by atoms with van der Waals surface area (Å²) in [5.41, 5.74) is 4.41. The van der Waals surface area contributed by atoms with E-state index in [0.717, 1.165) is 35.9 Å². The number of fused-ring (bicyclic) bond motifs is 1. The molecule has 1 aliphatic rings. The summed E-state index contributed by atoms with van der Waals surface area (Å²) < 4.78 is 1.77. The van der Waals surface area contributed by atoms with Crippen molar-refractivity contribution in [1.82, 2.24) is 15.0 Å². The van der Waals surface area contributed by atoms with Crippen molar-refractivity contribution in [2.45, 2.75) is 13.0 Å². The zero-order chi connectivity index (χ0) is 15.8. The number of anilines is 1. The second-order valence-electron chi connectivity index (χ2n) is 5.58. The van der Waals surface area contributed by atoms with Crippen LogP contribution in [-0.2, 0) is 13.0 Å². The number of hydrogen-bond donors (Lipinski definition) is 0. The number of halogens is 2. The average molecular weight is 345 g/mol. The van der Waals surface area contributed by atoms with Gasteiger partial charge in [-0.3, -0.25) is 0 Å². The molecule has 0 saturated carbocycles. The summed E-state index contributed by atoms with van der Waals surface area (Å²) in [7, 11) is 0. The Hall–Kier alpha value is -2.04. The molecule has 23 heavy (non-hydrogen) atoms. The van der Waals surface area contributed by atoms with Crippen LogP contribution in [0.1, 0.15) is 11.3 Å². The molecule has 0 fully saturated rings. The molecule has 6 heteroatoms. The molecule has 2 aromatic carbocycles. The van der Waals surface area contributed by atoms with Crippen molar-refractivity contribution in [3.05, 3.63) is 70.0 Å². The van der Waals surface area contributed by atoms with Gasteiger partial charge in [-0.2, -0.15) is 0 Å². The fourth-order valence-electron chi connectivity index (χ4n) is 2.89. The van der Waals surface area contributed by atoms with Crippen molar-refractivity contribution < 1.29 is 0 Å². The van der Waals surface area contributed by atoms with Gasteiger partial charge in [-0.05, 0) is 54.4 Å². The van der Waals surface area contributed by atoms with Crippen LogP contribution in [0, 0.1) is 0 Å². The topological polar surface area (TPSA) is 34.0 Å². The van der Waals surface area contributed by atoms with Crippen LogP contribution in [0.3, 0.4) is 0 Å². The van der Waals surface area contributed by atoms with Gasteiger partial charge in [0.05, 0.1) is 18.4 Å². The van der Waals surface area contributed by atoms with E-state index >= 15 is 0 Å². The molecule has 0 unspecified atom stereocenters. The SMILES string of the molecule is Clc1ccc(-n2cc(CN3CCc4cc(Cl)ccc43)nn2)cc1. The molecule has 116 valence electrons. The third kappa shape index (κ3) is 2.92. The smallest absolute Gasteiger partial charge is 0.102 e. The van der Waals surface area contributed by atoms with E-state index in [4.69, 9.17) is 23.2 Å². The van der Waals surface area contributed by atoms with Crippen molar-refractivity contribution in [1.29, 1.82) is 0 Å². The minimum Gasteiger partial charge on any atom is -0.365 e. The Morgan fingerprint density at radius 1 is 1.00 bits per heavy atom.